The minimum absolute atomic E-state index is 0.131. The molecule has 1 aliphatic heterocycles. The number of hydrogen-bond acceptors (Lipinski definition) is 4. The zero-order chi connectivity index (χ0) is 22.8. The first-order valence-corrected chi connectivity index (χ1v) is 10.5. The molecule has 5 rings (SSSR count). The molecule has 1 aliphatic rings. The number of methoxy groups -OCH3 is 1. The SMILES string of the molecule is COc1ccccc1C(=O)NC1=C(C#N)[C@@H](c2ccccc2)c2ccc3ccccc3c2O1. The van der Waals surface area contributed by atoms with Gasteiger partial charge >= 0.3 is 0 Å². The van der Waals surface area contributed by atoms with E-state index in [1.807, 2.05) is 66.7 Å². The van der Waals surface area contributed by atoms with Crippen molar-refractivity contribution >= 4 is 16.7 Å². The summed E-state index contributed by atoms with van der Waals surface area (Å²) >= 11 is 0. The number of carbonyl (C=O) groups is 1. The molecule has 0 saturated heterocycles. The number of amides is 1. The third-order valence-corrected chi connectivity index (χ3v) is 5.79. The molecule has 0 bridgehead atoms. The van der Waals surface area contributed by atoms with Crippen LogP contribution >= 0.6 is 0 Å². The van der Waals surface area contributed by atoms with Crippen LogP contribution in [0.1, 0.15) is 27.4 Å². The molecular weight excluding hydrogens is 412 g/mol. The van der Waals surface area contributed by atoms with Gasteiger partial charge in [0.25, 0.3) is 5.91 Å². The first-order chi connectivity index (χ1) is 16.2. The molecule has 0 aromatic heterocycles. The van der Waals surface area contributed by atoms with Crippen LogP contribution in [0.4, 0.5) is 0 Å². The van der Waals surface area contributed by atoms with Crippen molar-refractivity contribution in [2.45, 2.75) is 5.92 Å². The number of fused-ring (bicyclic) bond motifs is 3. The van der Waals surface area contributed by atoms with Crippen molar-refractivity contribution in [3.8, 4) is 17.6 Å². The molecule has 1 amide bonds. The van der Waals surface area contributed by atoms with Crippen molar-refractivity contribution in [3.05, 3.63) is 119 Å². The summed E-state index contributed by atoms with van der Waals surface area (Å²) in [5, 5.41) is 14.9. The van der Waals surface area contributed by atoms with Crippen LogP contribution in [0, 0.1) is 11.3 Å². The lowest BCUT2D eigenvalue weighted by molar-refractivity contribution is 0.0945. The lowest BCUT2D eigenvalue weighted by Crippen LogP contribution is -2.31. The number of nitrogens with one attached hydrogen (secondary N) is 1. The molecule has 160 valence electrons. The number of para-hydroxylation sites is 1. The first-order valence-electron chi connectivity index (χ1n) is 10.5. The zero-order valence-electron chi connectivity index (χ0n) is 17.9. The number of ether oxygens (including phenoxy) is 2. The molecule has 33 heavy (non-hydrogen) atoms. The Hall–Kier alpha value is -4.56. The summed E-state index contributed by atoms with van der Waals surface area (Å²) in [5.41, 5.74) is 2.52. The van der Waals surface area contributed by atoms with Crippen LogP contribution in [0.25, 0.3) is 10.8 Å². The molecule has 1 heterocycles. The van der Waals surface area contributed by atoms with Crippen molar-refractivity contribution in [2.75, 3.05) is 7.11 Å². The Morgan fingerprint density at radius 1 is 0.939 bits per heavy atom. The van der Waals surface area contributed by atoms with Gasteiger partial charge in [-0.2, -0.15) is 5.26 Å². The minimum Gasteiger partial charge on any atom is -0.496 e. The lowest BCUT2D eigenvalue weighted by Gasteiger charge is -2.29. The molecule has 5 nitrogen and oxygen atoms in total. The summed E-state index contributed by atoms with van der Waals surface area (Å²) in [6.45, 7) is 0. The van der Waals surface area contributed by atoms with Crippen LogP contribution in [0.15, 0.2) is 102 Å². The first kappa shape index (κ1) is 20.3. The maximum absolute atomic E-state index is 13.2. The third-order valence-electron chi connectivity index (χ3n) is 5.79. The number of carbonyl (C=O) groups excluding carboxylic acids is 1. The average molecular weight is 432 g/mol. The minimum atomic E-state index is -0.411. The van der Waals surface area contributed by atoms with Gasteiger partial charge in [0.1, 0.15) is 23.1 Å². The van der Waals surface area contributed by atoms with Gasteiger partial charge < -0.3 is 9.47 Å². The highest BCUT2D eigenvalue weighted by Crippen LogP contribution is 2.45. The fourth-order valence-electron chi connectivity index (χ4n) is 4.25. The van der Waals surface area contributed by atoms with E-state index in [0.29, 0.717) is 22.6 Å². The van der Waals surface area contributed by atoms with Crippen molar-refractivity contribution in [3.63, 3.8) is 0 Å². The van der Waals surface area contributed by atoms with Gasteiger partial charge in [0.15, 0.2) is 0 Å². The molecule has 0 aliphatic carbocycles. The number of hydrogen-bond donors (Lipinski definition) is 1. The summed E-state index contributed by atoms with van der Waals surface area (Å²) in [5.74, 6) is 0.418. The normalized spacial score (nSPS) is 14.7. The van der Waals surface area contributed by atoms with E-state index in [2.05, 4.69) is 11.4 Å². The summed E-state index contributed by atoms with van der Waals surface area (Å²) < 4.78 is 11.6. The smallest absolute Gasteiger partial charge is 0.261 e. The lowest BCUT2D eigenvalue weighted by atomic mass is 9.82. The van der Waals surface area contributed by atoms with E-state index < -0.39 is 5.91 Å². The van der Waals surface area contributed by atoms with Crippen molar-refractivity contribution in [1.29, 1.82) is 5.26 Å². The second-order valence-electron chi connectivity index (χ2n) is 7.66. The van der Waals surface area contributed by atoms with E-state index in [-0.39, 0.29) is 11.8 Å². The molecular formula is C28H20N2O3. The van der Waals surface area contributed by atoms with E-state index >= 15 is 0 Å². The van der Waals surface area contributed by atoms with Crippen molar-refractivity contribution in [2.24, 2.45) is 0 Å². The average Bonchev–Trinajstić information content (AvgIpc) is 2.88. The molecule has 0 spiro atoms. The standard InChI is InChI=1S/C28H20N2O3/c1-32-24-14-8-7-13-21(24)27(31)30-28-23(17-29)25(19-10-3-2-4-11-19)22-16-15-18-9-5-6-12-20(18)26(22)33-28/h2-16,25H,1H3,(H,30,31)/t25-/m0/s1. The molecule has 4 aromatic carbocycles. The molecule has 0 saturated carbocycles. The Labute approximate surface area is 191 Å². The number of nitriles is 1. The van der Waals surface area contributed by atoms with Crippen LogP contribution in [-0.2, 0) is 0 Å². The van der Waals surface area contributed by atoms with Gasteiger partial charge in [-0.05, 0) is 23.1 Å². The van der Waals surface area contributed by atoms with E-state index in [1.165, 1.54) is 7.11 Å². The molecule has 1 atom stereocenters. The van der Waals surface area contributed by atoms with Gasteiger partial charge in [-0.25, -0.2) is 0 Å². The van der Waals surface area contributed by atoms with Gasteiger partial charge in [0.2, 0.25) is 5.88 Å². The van der Waals surface area contributed by atoms with Crippen LogP contribution < -0.4 is 14.8 Å². The molecule has 1 N–H and O–H groups in total. The van der Waals surface area contributed by atoms with Gasteiger partial charge in [-0.3, -0.25) is 10.1 Å². The van der Waals surface area contributed by atoms with Gasteiger partial charge in [0.05, 0.1) is 18.6 Å². The molecule has 0 unspecified atom stereocenters. The van der Waals surface area contributed by atoms with Crippen LogP contribution in [0.2, 0.25) is 0 Å². The summed E-state index contributed by atoms with van der Waals surface area (Å²) in [7, 11) is 1.51. The summed E-state index contributed by atoms with van der Waals surface area (Å²) in [6, 6.07) is 30.9. The number of rotatable bonds is 4. The molecule has 0 radical (unpaired) electrons. The monoisotopic (exact) mass is 432 g/mol. The maximum atomic E-state index is 13.2. The fourth-order valence-corrected chi connectivity index (χ4v) is 4.25. The van der Waals surface area contributed by atoms with Crippen molar-refractivity contribution in [1.82, 2.24) is 5.32 Å². The Balaban J connectivity index is 1.67. The van der Waals surface area contributed by atoms with Crippen LogP contribution in [0.3, 0.4) is 0 Å². The molecule has 4 aromatic rings. The number of nitrogens with zero attached hydrogens (tertiary/aromatic N) is 1. The van der Waals surface area contributed by atoms with E-state index in [0.717, 1.165) is 21.9 Å². The summed E-state index contributed by atoms with van der Waals surface area (Å²) in [4.78, 5) is 13.2. The Kier molecular flexibility index (Phi) is 5.26. The Morgan fingerprint density at radius 3 is 2.45 bits per heavy atom. The van der Waals surface area contributed by atoms with Gasteiger partial charge in [0, 0.05) is 10.9 Å². The van der Waals surface area contributed by atoms with Crippen LogP contribution in [-0.4, -0.2) is 13.0 Å². The number of allylic oxidation sites excluding steroid dienone is 1. The second-order valence-corrected chi connectivity index (χ2v) is 7.66. The zero-order valence-corrected chi connectivity index (χ0v) is 17.9. The highest BCUT2D eigenvalue weighted by atomic mass is 16.5. The Morgan fingerprint density at radius 2 is 1.67 bits per heavy atom. The Bertz CT molecular complexity index is 1430. The highest BCUT2D eigenvalue weighted by molar-refractivity contribution is 5.98. The van der Waals surface area contributed by atoms with Gasteiger partial charge in [-0.1, -0.05) is 78.9 Å². The molecule has 0 fully saturated rings. The van der Waals surface area contributed by atoms with Crippen molar-refractivity contribution < 1.29 is 14.3 Å². The maximum Gasteiger partial charge on any atom is 0.261 e. The largest absolute Gasteiger partial charge is 0.496 e. The summed E-state index contributed by atoms with van der Waals surface area (Å²) in [6.07, 6.45) is 0. The van der Waals surface area contributed by atoms with E-state index in [1.54, 1.807) is 24.3 Å². The number of benzene rings is 4. The second kappa shape index (κ2) is 8.52. The van der Waals surface area contributed by atoms with E-state index in [4.69, 9.17) is 9.47 Å². The fraction of sp³-hybridized carbons (Fsp3) is 0.0714. The molecule has 5 heteroatoms. The predicted molar refractivity (Wildman–Crippen MR) is 126 cm³/mol. The highest BCUT2D eigenvalue weighted by Gasteiger charge is 2.33. The topological polar surface area (TPSA) is 71.3 Å². The van der Waals surface area contributed by atoms with Gasteiger partial charge in [-0.15, -0.1) is 0 Å². The predicted octanol–water partition coefficient (Wildman–Crippen LogP) is 5.54. The van der Waals surface area contributed by atoms with Crippen LogP contribution in [0.5, 0.6) is 11.5 Å². The van der Waals surface area contributed by atoms with E-state index in [9.17, 15) is 10.1 Å². The quantitative estimate of drug-likeness (QED) is 0.460. The third kappa shape index (κ3) is 3.58.